The molecule has 2 aliphatic rings. The van der Waals surface area contributed by atoms with Gasteiger partial charge in [0, 0.05) is 0 Å². The molecule has 0 unspecified atom stereocenters. The zero-order chi connectivity index (χ0) is 9.69. The number of imide groups is 1. The lowest BCUT2D eigenvalue weighted by Crippen LogP contribution is -2.44. The molecule has 0 aromatic rings. The van der Waals surface area contributed by atoms with Crippen molar-refractivity contribution in [2.45, 2.75) is 38.6 Å². The second-order valence-electron chi connectivity index (χ2n) is 4.83. The van der Waals surface area contributed by atoms with Gasteiger partial charge in [-0.05, 0) is 24.7 Å². The fraction of sp³-hybridized carbons (Fsp3) is 0.778. The molecule has 1 spiro atoms. The SMILES string of the molecule is CC1(C)CC[C@@]2(C1)NC(=O)NC2=O. The van der Waals surface area contributed by atoms with E-state index >= 15 is 0 Å². The van der Waals surface area contributed by atoms with Crippen LogP contribution in [0.4, 0.5) is 4.79 Å². The average molecular weight is 182 g/mol. The highest BCUT2D eigenvalue weighted by atomic mass is 16.2. The van der Waals surface area contributed by atoms with E-state index in [4.69, 9.17) is 0 Å². The van der Waals surface area contributed by atoms with Gasteiger partial charge in [0.2, 0.25) is 0 Å². The first kappa shape index (κ1) is 8.53. The summed E-state index contributed by atoms with van der Waals surface area (Å²) in [5.74, 6) is -0.150. The second-order valence-corrected chi connectivity index (χ2v) is 4.83. The fourth-order valence-electron chi connectivity index (χ4n) is 2.37. The van der Waals surface area contributed by atoms with Gasteiger partial charge in [-0.1, -0.05) is 13.8 Å². The van der Waals surface area contributed by atoms with Crippen molar-refractivity contribution < 1.29 is 9.59 Å². The number of amides is 3. The van der Waals surface area contributed by atoms with Gasteiger partial charge in [0.1, 0.15) is 5.54 Å². The Morgan fingerprint density at radius 3 is 2.31 bits per heavy atom. The molecule has 4 nitrogen and oxygen atoms in total. The standard InChI is InChI=1S/C9H14N2O2/c1-8(2)3-4-9(5-8)6(12)10-7(13)11-9/h3-5H2,1-2H3,(H2,10,11,12,13)/t9-/m0/s1. The van der Waals surface area contributed by atoms with E-state index < -0.39 is 5.54 Å². The van der Waals surface area contributed by atoms with Crippen molar-refractivity contribution in [3.8, 4) is 0 Å². The van der Waals surface area contributed by atoms with Crippen LogP contribution in [0.1, 0.15) is 33.1 Å². The number of carbonyl (C=O) groups excluding carboxylic acids is 2. The maximum Gasteiger partial charge on any atom is 0.322 e. The zero-order valence-electron chi connectivity index (χ0n) is 7.94. The molecule has 1 atom stereocenters. The first-order valence-electron chi connectivity index (χ1n) is 4.57. The molecule has 0 radical (unpaired) electrons. The Morgan fingerprint density at radius 1 is 1.23 bits per heavy atom. The normalized spacial score (nSPS) is 36.5. The van der Waals surface area contributed by atoms with Gasteiger partial charge in [-0.15, -0.1) is 0 Å². The third-order valence-corrected chi connectivity index (χ3v) is 3.02. The Hall–Kier alpha value is -1.06. The minimum atomic E-state index is -0.597. The van der Waals surface area contributed by atoms with Gasteiger partial charge < -0.3 is 5.32 Å². The zero-order valence-corrected chi connectivity index (χ0v) is 7.94. The van der Waals surface area contributed by atoms with Crippen LogP contribution in [0.5, 0.6) is 0 Å². The van der Waals surface area contributed by atoms with E-state index in [1.54, 1.807) is 0 Å². The predicted octanol–water partition coefficient (Wildman–Crippen LogP) is 0.775. The first-order chi connectivity index (χ1) is 5.94. The minimum Gasteiger partial charge on any atom is -0.323 e. The van der Waals surface area contributed by atoms with Crippen LogP contribution in [0.2, 0.25) is 0 Å². The average Bonchev–Trinajstić information content (AvgIpc) is 2.38. The molecule has 4 heteroatoms. The topological polar surface area (TPSA) is 58.2 Å². The Morgan fingerprint density at radius 2 is 1.92 bits per heavy atom. The summed E-state index contributed by atoms with van der Waals surface area (Å²) < 4.78 is 0. The van der Waals surface area contributed by atoms with Crippen molar-refractivity contribution in [1.82, 2.24) is 10.6 Å². The quantitative estimate of drug-likeness (QED) is 0.544. The summed E-state index contributed by atoms with van der Waals surface area (Å²) in [5.41, 5.74) is -0.435. The van der Waals surface area contributed by atoms with E-state index in [9.17, 15) is 9.59 Å². The maximum atomic E-state index is 11.5. The Labute approximate surface area is 77.1 Å². The van der Waals surface area contributed by atoms with Crippen molar-refractivity contribution in [3.63, 3.8) is 0 Å². The Kier molecular flexibility index (Phi) is 1.47. The van der Waals surface area contributed by atoms with Gasteiger partial charge in [0.05, 0.1) is 0 Å². The van der Waals surface area contributed by atoms with Crippen LogP contribution in [0.3, 0.4) is 0 Å². The van der Waals surface area contributed by atoms with Crippen LogP contribution in [-0.2, 0) is 4.79 Å². The summed E-state index contributed by atoms with van der Waals surface area (Å²) in [6.07, 6.45) is 2.50. The van der Waals surface area contributed by atoms with E-state index in [1.165, 1.54) is 0 Å². The van der Waals surface area contributed by atoms with E-state index in [-0.39, 0.29) is 17.4 Å². The number of nitrogens with one attached hydrogen (secondary N) is 2. The summed E-state index contributed by atoms with van der Waals surface area (Å²) in [7, 11) is 0. The summed E-state index contributed by atoms with van der Waals surface area (Å²) >= 11 is 0. The third kappa shape index (κ3) is 1.20. The molecule has 13 heavy (non-hydrogen) atoms. The lowest BCUT2D eigenvalue weighted by atomic mass is 9.88. The summed E-state index contributed by atoms with van der Waals surface area (Å²) in [6.45, 7) is 4.25. The van der Waals surface area contributed by atoms with Gasteiger partial charge in [0.15, 0.2) is 0 Å². The van der Waals surface area contributed by atoms with Crippen molar-refractivity contribution in [2.24, 2.45) is 5.41 Å². The molecule has 1 saturated heterocycles. The molecule has 0 aromatic carbocycles. The highest BCUT2D eigenvalue weighted by Crippen LogP contribution is 2.44. The number of hydrogen-bond donors (Lipinski definition) is 2. The van der Waals surface area contributed by atoms with E-state index in [1.807, 2.05) is 0 Å². The van der Waals surface area contributed by atoms with Crippen molar-refractivity contribution in [2.75, 3.05) is 0 Å². The van der Waals surface area contributed by atoms with Crippen LogP contribution in [0.25, 0.3) is 0 Å². The van der Waals surface area contributed by atoms with Gasteiger partial charge >= 0.3 is 6.03 Å². The molecular formula is C9H14N2O2. The number of urea groups is 1. The van der Waals surface area contributed by atoms with E-state index in [0.717, 1.165) is 19.3 Å². The van der Waals surface area contributed by atoms with Crippen LogP contribution >= 0.6 is 0 Å². The molecule has 2 N–H and O–H groups in total. The monoisotopic (exact) mass is 182 g/mol. The van der Waals surface area contributed by atoms with E-state index in [0.29, 0.717) is 0 Å². The first-order valence-corrected chi connectivity index (χ1v) is 4.57. The van der Waals surface area contributed by atoms with Crippen molar-refractivity contribution >= 4 is 11.9 Å². The molecule has 1 aliphatic carbocycles. The van der Waals surface area contributed by atoms with Crippen molar-refractivity contribution in [3.05, 3.63) is 0 Å². The third-order valence-electron chi connectivity index (χ3n) is 3.02. The van der Waals surface area contributed by atoms with E-state index in [2.05, 4.69) is 24.5 Å². The van der Waals surface area contributed by atoms with Crippen molar-refractivity contribution in [1.29, 1.82) is 0 Å². The molecule has 2 rings (SSSR count). The summed E-state index contributed by atoms with van der Waals surface area (Å²) in [6, 6.07) is -0.345. The highest BCUT2D eigenvalue weighted by Gasteiger charge is 2.53. The summed E-state index contributed by atoms with van der Waals surface area (Å²) in [5, 5.41) is 5.03. The van der Waals surface area contributed by atoms with Gasteiger partial charge in [-0.25, -0.2) is 4.79 Å². The maximum absolute atomic E-state index is 11.5. The van der Waals surface area contributed by atoms with Crippen LogP contribution in [0.15, 0.2) is 0 Å². The Balaban J connectivity index is 2.24. The molecule has 3 amide bonds. The fourth-order valence-corrected chi connectivity index (χ4v) is 2.37. The largest absolute Gasteiger partial charge is 0.323 e. The molecule has 1 saturated carbocycles. The molecule has 0 bridgehead atoms. The molecule has 1 heterocycles. The van der Waals surface area contributed by atoms with Gasteiger partial charge in [-0.3, -0.25) is 10.1 Å². The molecular weight excluding hydrogens is 168 g/mol. The van der Waals surface area contributed by atoms with Crippen LogP contribution in [0, 0.1) is 5.41 Å². The van der Waals surface area contributed by atoms with Gasteiger partial charge in [0.25, 0.3) is 5.91 Å². The highest BCUT2D eigenvalue weighted by molar-refractivity contribution is 6.07. The van der Waals surface area contributed by atoms with Crippen LogP contribution in [-0.4, -0.2) is 17.5 Å². The minimum absolute atomic E-state index is 0.150. The molecule has 2 fully saturated rings. The summed E-state index contributed by atoms with van der Waals surface area (Å²) in [4.78, 5) is 22.5. The number of hydrogen-bond acceptors (Lipinski definition) is 2. The Bertz CT molecular complexity index is 285. The predicted molar refractivity (Wildman–Crippen MR) is 47.0 cm³/mol. The smallest absolute Gasteiger partial charge is 0.322 e. The molecule has 72 valence electrons. The molecule has 0 aromatic heterocycles. The van der Waals surface area contributed by atoms with Crippen LogP contribution < -0.4 is 10.6 Å². The number of rotatable bonds is 0. The molecule has 1 aliphatic heterocycles. The lowest BCUT2D eigenvalue weighted by Gasteiger charge is -2.22. The second kappa shape index (κ2) is 2.25. The van der Waals surface area contributed by atoms with Gasteiger partial charge in [-0.2, -0.15) is 0 Å². The number of carbonyl (C=O) groups is 2. The lowest BCUT2D eigenvalue weighted by molar-refractivity contribution is -0.124.